The van der Waals surface area contributed by atoms with Gasteiger partial charge in [-0.15, -0.1) is 0 Å². The van der Waals surface area contributed by atoms with Crippen LogP contribution in [-0.2, 0) is 10.0 Å². The van der Waals surface area contributed by atoms with Crippen LogP contribution in [0.1, 0.15) is 19.2 Å². The number of hydrogen-bond donors (Lipinski definition) is 2. The Labute approximate surface area is 116 Å². The van der Waals surface area contributed by atoms with Gasteiger partial charge in [-0.1, -0.05) is 12.1 Å². The first kappa shape index (κ1) is 14.3. The van der Waals surface area contributed by atoms with Crippen LogP contribution in [0.15, 0.2) is 27.7 Å². The minimum atomic E-state index is -3.83. The van der Waals surface area contributed by atoms with Gasteiger partial charge in [-0.3, -0.25) is 0 Å². The molecule has 2 heterocycles. The average molecular weight is 297 g/mol. The minimum absolute atomic E-state index is 0.0318. The number of aryl methyl sites for hydroxylation is 1. The number of pyridine rings is 1. The van der Waals surface area contributed by atoms with Crippen LogP contribution in [0.2, 0.25) is 0 Å². The highest BCUT2D eigenvalue weighted by molar-refractivity contribution is 7.92. The Balaban J connectivity index is 2.29. The Bertz CT molecular complexity index is 683. The van der Waals surface area contributed by atoms with Crippen molar-refractivity contribution in [3.8, 4) is 0 Å². The highest BCUT2D eigenvalue weighted by Gasteiger charge is 2.21. The van der Waals surface area contributed by atoms with Crippen LogP contribution in [0.4, 0.5) is 11.8 Å². The van der Waals surface area contributed by atoms with Crippen molar-refractivity contribution < 1.29 is 12.9 Å². The van der Waals surface area contributed by atoms with E-state index in [4.69, 9.17) is 4.52 Å². The van der Waals surface area contributed by atoms with E-state index in [1.54, 1.807) is 13.0 Å². The topological polar surface area (TPSA) is 110 Å². The van der Waals surface area contributed by atoms with E-state index in [1.165, 1.54) is 12.3 Å². The molecule has 0 aromatic carbocycles. The molecule has 2 aromatic heterocycles. The maximum Gasteiger partial charge on any atom is 0.335 e. The van der Waals surface area contributed by atoms with E-state index in [1.807, 2.05) is 6.92 Å². The van der Waals surface area contributed by atoms with Gasteiger partial charge < -0.3 is 9.84 Å². The quantitative estimate of drug-likeness (QED) is 0.829. The summed E-state index contributed by atoms with van der Waals surface area (Å²) in [6.45, 7) is 4.20. The second-order valence-electron chi connectivity index (χ2n) is 4.03. The molecule has 0 unspecified atom stereocenters. The number of nitrogens with zero attached hydrogens (tertiary/aromatic N) is 3. The largest absolute Gasteiger partial charge is 0.369 e. The van der Waals surface area contributed by atoms with Gasteiger partial charge >= 0.3 is 6.01 Å². The van der Waals surface area contributed by atoms with Gasteiger partial charge in [0.25, 0.3) is 10.0 Å². The first-order chi connectivity index (χ1) is 9.53. The molecule has 2 N–H and O–H groups in total. The van der Waals surface area contributed by atoms with Gasteiger partial charge in [0.15, 0.2) is 5.82 Å². The smallest absolute Gasteiger partial charge is 0.335 e. The van der Waals surface area contributed by atoms with Gasteiger partial charge in [0.1, 0.15) is 10.7 Å². The van der Waals surface area contributed by atoms with Crippen LogP contribution in [0.5, 0.6) is 0 Å². The minimum Gasteiger partial charge on any atom is -0.369 e. The van der Waals surface area contributed by atoms with Crippen molar-refractivity contribution in [2.24, 2.45) is 0 Å². The van der Waals surface area contributed by atoms with E-state index < -0.39 is 10.0 Å². The van der Waals surface area contributed by atoms with Crippen LogP contribution < -0.4 is 10.0 Å². The summed E-state index contributed by atoms with van der Waals surface area (Å²) < 4.78 is 31.5. The number of rotatable bonds is 6. The van der Waals surface area contributed by atoms with Crippen molar-refractivity contribution in [1.82, 2.24) is 15.1 Å². The number of aromatic nitrogens is 3. The first-order valence-corrected chi connectivity index (χ1v) is 7.53. The maximum atomic E-state index is 12.3. The van der Waals surface area contributed by atoms with Gasteiger partial charge in [-0.25, -0.2) is 18.1 Å². The standard InChI is InChI=1S/C11H15N5O3S/c1-3-6-12-10-9(5-4-7-13-10)20(17,18)16-11-14-8(2)15-19-11/h4-5,7H,3,6H2,1-2H3,(H,12,13)(H,14,15,16). The number of hydrogen-bond acceptors (Lipinski definition) is 7. The lowest BCUT2D eigenvalue weighted by Gasteiger charge is -2.10. The van der Waals surface area contributed by atoms with E-state index in [0.717, 1.165) is 6.42 Å². The summed E-state index contributed by atoms with van der Waals surface area (Å²) in [5, 5.41) is 6.49. The van der Waals surface area contributed by atoms with Crippen LogP contribution >= 0.6 is 0 Å². The molecule has 2 rings (SSSR count). The molecular weight excluding hydrogens is 282 g/mol. The van der Waals surface area contributed by atoms with E-state index >= 15 is 0 Å². The SMILES string of the molecule is CCCNc1ncccc1S(=O)(=O)Nc1nc(C)no1. The molecule has 0 aliphatic heterocycles. The fourth-order valence-corrected chi connectivity index (χ4v) is 2.55. The Hall–Kier alpha value is -2.16. The summed E-state index contributed by atoms with van der Waals surface area (Å²) in [5.74, 6) is 0.635. The molecule has 0 radical (unpaired) electrons. The van der Waals surface area contributed by atoms with Gasteiger partial charge in [-0.2, -0.15) is 4.98 Å². The molecule has 0 saturated carbocycles. The van der Waals surface area contributed by atoms with Gasteiger partial charge in [0.2, 0.25) is 0 Å². The highest BCUT2D eigenvalue weighted by Crippen LogP contribution is 2.20. The zero-order valence-corrected chi connectivity index (χ0v) is 11.9. The predicted octanol–water partition coefficient (Wildman–Crippen LogP) is 1.40. The predicted molar refractivity (Wildman–Crippen MR) is 72.9 cm³/mol. The van der Waals surface area contributed by atoms with Crippen molar-refractivity contribution in [1.29, 1.82) is 0 Å². The fourth-order valence-electron chi connectivity index (χ4n) is 1.49. The third-order valence-electron chi connectivity index (χ3n) is 2.35. The van der Waals surface area contributed by atoms with E-state index in [-0.39, 0.29) is 16.7 Å². The molecule has 0 fully saturated rings. The molecular formula is C11H15N5O3S. The van der Waals surface area contributed by atoms with Crippen molar-refractivity contribution in [2.75, 3.05) is 16.6 Å². The van der Waals surface area contributed by atoms with E-state index in [9.17, 15) is 8.42 Å². The van der Waals surface area contributed by atoms with Crippen LogP contribution in [0, 0.1) is 6.92 Å². The molecule has 0 aliphatic carbocycles. The third kappa shape index (κ3) is 3.23. The normalized spacial score (nSPS) is 11.3. The van der Waals surface area contributed by atoms with Crippen LogP contribution in [-0.4, -0.2) is 30.1 Å². The van der Waals surface area contributed by atoms with E-state index in [0.29, 0.717) is 12.4 Å². The molecule has 108 valence electrons. The second kappa shape index (κ2) is 5.87. The molecule has 0 aliphatic rings. The van der Waals surface area contributed by atoms with Crippen molar-refractivity contribution >= 4 is 21.9 Å². The lowest BCUT2D eigenvalue weighted by molar-refractivity contribution is 0.429. The van der Waals surface area contributed by atoms with Crippen molar-refractivity contribution in [3.63, 3.8) is 0 Å². The van der Waals surface area contributed by atoms with Crippen molar-refractivity contribution in [2.45, 2.75) is 25.2 Å². The fraction of sp³-hybridized carbons (Fsp3) is 0.364. The Kier molecular flexibility index (Phi) is 4.18. The van der Waals surface area contributed by atoms with Gasteiger partial charge in [0.05, 0.1) is 0 Å². The summed E-state index contributed by atoms with van der Waals surface area (Å²) in [6, 6.07) is 2.83. The third-order valence-corrected chi connectivity index (χ3v) is 3.70. The zero-order chi connectivity index (χ0) is 14.6. The van der Waals surface area contributed by atoms with Crippen LogP contribution in [0.3, 0.4) is 0 Å². The highest BCUT2D eigenvalue weighted by atomic mass is 32.2. The lowest BCUT2D eigenvalue weighted by Crippen LogP contribution is -2.16. The van der Waals surface area contributed by atoms with Gasteiger partial charge in [-0.05, 0) is 25.5 Å². The lowest BCUT2D eigenvalue weighted by atomic mass is 10.4. The number of anilines is 2. The second-order valence-corrected chi connectivity index (χ2v) is 5.68. The number of sulfonamides is 1. The molecule has 0 saturated heterocycles. The zero-order valence-electron chi connectivity index (χ0n) is 11.1. The maximum absolute atomic E-state index is 12.3. The average Bonchev–Trinajstić information content (AvgIpc) is 2.81. The summed E-state index contributed by atoms with van der Waals surface area (Å²) >= 11 is 0. The van der Waals surface area contributed by atoms with Gasteiger partial charge in [0, 0.05) is 12.7 Å². The molecule has 8 nitrogen and oxygen atoms in total. The monoisotopic (exact) mass is 297 g/mol. The Morgan fingerprint density at radius 3 is 2.85 bits per heavy atom. The first-order valence-electron chi connectivity index (χ1n) is 6.05. The molecule has 9 heteroatoms. The molecule has 0 spiro atoms. The Morgan fingerprint density at radius 2 is 2.20 bits per heavy atom. The summed E-state index contributed by atoms with van der Waals surface area (Å²) in [4.78, 5) is 7.87. The molecule has 0 atom stereocenters. The van der Waals surface area contributed by atoms with Crippen molar-refractivity contribution in [3.05, 3.63) is 24.2 Å². The molecule has 2 aromatic rings. The molecule has 0 amide bonds. The summed E-state index contributed by atoms with van der Waals surface area (Å²) in [5.41, 5.74) is 0. The van der Waals surface area contributed by atoms with E-state index in [2.05, 4.69) is 25.2 Å². The summed E-state index contributed by atoms with van der Waals surface area (Å²) in [7, 11) is -3.83. The summed E-state index contributed by atoms with van der Waals surface area (Å²) in [6.07, 6.45) is 2.38. The van der Waals surface area contributed by atoms with Crippen LogP contribution in [0.25, 0.3) is 0 Å². The molecule has 0 bridgehead atoms. The number of nitrogens with one attached hydrogen (secondary N) is 2. The Morgan fingerprint density at radius 1 is 1.40 bits per heavy atom. The molecule has 20 heavy (non-hydrogen) atoms.